The van der Waals surface area contributed by atoms with Gasteiger partial charge in [0.25, 0.3) is 0 Å². The third-order valence-corrected chi connectivity index (χ3v) is 3.50. The first-order valence-corrected chi connectivity index (χ1v) is 7.09. The van der Waals surface area contributed by atoms with E-state index < -0.39 is 0 Å². The lowest BCUT2D eigenvalue weighted by atomic mass is 10.1. The van der Waals surface area contributed by atoms with Crippen molar-refractivity contribution in [1.29, 1.82) is 0 Å². The third-order valence-electron chi connectivity index (χ3n) is 3.27. The van der Waals surface area contributed by atoms with Gasteiger partial charge in [0.05, 0.1) is 0 Å². The normalized spacial score (nSPS) is 10.9. The molecule has 0 fully saturated rings. The van der Waals surface area contributed by atoms with E-state index in [0.717, 1.165) is 11.1 Å². The predicted molar refractivity (Wildman–Crippen MR) is 84.7 cm³/mol. The number of carbonyl (C=O) groups is 1. The number of nitrogens with zero attached hydrogens (tertiary/aromatic N) is 1. The van der Waals surface area contributed by atoms with Gasteiger partial charge in [-0.1, -0.05) is 23.7 Å². The zero-order valence-corrected chi connectivity index (χ0v) is 12.9. The minimum atomic E-state index is -0.00579. The van der Waals surface area contributed by atoms with Crippen LogP contribution in [0.4, 0.5) is 0 Å². The molecule has 0 saturated heterocycles. The number of benzene rings is 2. The highest BCUT2D eigenvalue weighted by atomic mass is 35.5. The number of hydrogen-bond acceptors (Lipinski definition) is 3. The van der Waals surface area contributed by atoms with Crippen molar-refractivity contribution in [3.05, 3.63) is 64.2 Å². The molecule has 0 spiro atoms. The van der Waals surface area contributed by atoms with Gasteiger partial charge in [-0.2, -0.15) is 0 Å². The molecule has 0 aromatic heterocycles. The average Bonchev–Trinajstić information content (AvgIpc) is 2.41. The van der Waals surface area contributed by atoms with E-state index in [4.69, 9.17) is 11.6 Å². The molecule has 2 aromatic carbocycles. The highest BCUT2D eigenvalue weighted by molar-refractivity contribution is 6.30. The number of rotatable bonds is 5. The Kier molecular flexibility index (Phi) is 4.99. The van der Waals surface area contributed by atoms with E-state index in [1.165, 1.54) is 6.92 Å². The number of Topliss-reactive ketones (excluding diaryl/α,β-unsaturated/α-hetero) is 1. The van der Waals surface area contributed by atoms with Crippen LogP contribution in [-0.4, -0.2) is 22.8 Å². The van der Waals surface area contributed by atoms with Gasteiger partial charge in [-0.05, 0) is 49.9 Å². The number of aromatic hydroxyl groups is 1. The van der Waals surface area contributed by atoms with Crippen molar-refractivity contribution < 1.29 is 9.90 Å². The second-order valence-electron chi connectivity index (χ2n) is 5.20. The Bertz CT molecular complexity index is 655. The molecule has 21 heavy (non-hydrogen) atoms. The minimum Gasteiger partial charge on any atom is -0.508 e. The van der Waals surface area contributed by atoms with Crippen molar-refractivity contribution in [3.63, 3.8) is 0 Å². The van der Waals surface area contributed by atoms with Gasteiger partial charge in [-0.25, -0.2) is 0 Å². The Morgan fingerprint density at radius 3 is 2.62 bits per heavy atom. The fraction of sp³-hybridized carbons (Fsp3) is 0.235. The number of ketones is 1. The Morgan fingerprint density at radius 2 is 1.95 bits per heavy atom. The van der Waals surface area contributed by atoms with Gasteiger partial charge in [-0.15, -0.1) is 0 Å². The molecular formula is C17H18ClNO2. The molecule has 0 bridgehead atoms. The second-order valence-corrected chi connectivity index (χ2v) is 5.64. The Labute approximate surface area is 129 Å². The summed E-state index contributed by atoms with van der Waals surface area (Å²) in [7, 11) is 1.96. The standard InChI is InChI=1S/C17H18ClNO2/c1-12(20)14-6-7-17(21)15(9-14)11-19(2)10-13-4-3-5-16(18)8-13/h3-9,21H,10-11H2,1-2H3. The molecule has 0 aliphatic rings. The fourth-order valence-corrected chi connectivity index (χ4v) is 2.44. The molecule has 0 atom stereocenters. The lowest BCUT2D eigenvalue weighted by Gasteiger charge is -2.18. The smallest absolute Gasteiger partial charge is 0.159 e. The van der Waals surface area contributed by atoms with Crippen LogP contribution in [0.5, 0.6) is 5.75 Å². The zero-order valence-electron chi connectivity index (χ0n) is 12.1. The molecule has 1 N–H and O–H groups in total. The molecule has 0 amide bonds. The van der Waals surface area contributed by atoms with E-state index in [2.05, 4.69) is 4.90 Å². The van der Waals surface area contributed by atoms with Crippen LogP contribution in [0.15, 0.2) is 42.5 Å². The maximum Gasteiger partial charge on any atom is 0.159 e. The van der Waals surface area contributed by atoms with Crippen molar-refractivity contribution in [2.45, 2.75) is 20.0 Å². The number of carbonyl (C=O) groups excluding carboxylic acids is 1. The Morgan fingerprint density at radius 1 is 1.19 bits per heavy atom. The first kappa shape index (κ1) is 15.5. The maximum atomic E-state index is 11.4. The van der Waals surface area contributed by atoms with Crippen LogP contribution in [0.1, 0.15) is 28.4 Å². The van der Waals surface area contributed by atoms with E-state index >= 15 is 0 Å². The number of phenolic OH excluding ortho intramolecular Hbond substituents is 1. The summed E-state index contributed by atoms with van der Waals surface area (Å²) in [6.07, 6.45) is 0. The van der Waals surface area contributed by atoms with Gasteiger partial charge < -0.3 is 5.11 Å². The summed E-state index contributed by atoms with van der Waals surface area (Å²) in [6, 6.07) is 12.6. The molecule has 0 heterocycles. The lowest BCUT2D eigenvalue weighted by molar-refractivity contribution is 0.101. The molecule has 3 nitrogen and oxygen atoms in total. The molecular weight excluding hydrogens is 286 g/mol. The monoisotopic (exact) mass is 303 g/mol. The Hall–Kier alpha value is -1.84. The van der Waals surface area contributed by atoms with Crippen molar-refractivity contribution in [2.75, 3.05) is 7.05 Å². The molecule has 0 unspecified atom stereocenters. The average molecular weight is 304 g/mol. The molecule has 0 aliphatic heterocycles. The lowest BCUT2D eigenvalue weighted by Crippen LogP contribution is -2.17. The zero-order chi connectivity index (χ0) is 15.4. The van der Waals surface area contributed by atoms with E-state index in [1.54, 1.807) is 18.2 Å². The molecule has 0 saturated carbocycles. The van der Waals surface area contributed by atoms with Crippen molar-refractivity contribution in [2.24, 2.45) is 0 Å². The summed E-state index contributed by atoms with van der Waals surface area (Å²) < 4.78 is 0. The number of phenols is 1. The van der Waals surface area contributed by atoms with E-state index in [0.29, 0.717) is 23.7 Å². The van der Waals surface area contributed by atoms with E-state index in [-0.39, 0.29) is 11.5 Å². The first-order valence-electron chi connectivity index (χ1n) is 6.71. The van der Waals surface area contributed by atoms with Crippen LogP contribution in [-0.2, 0) is 13.1 Å². The van der Waals surface area contributed by atoms with Gasteiger partial charge >= 0.3 is 0 Å². The van der Waals surface area contributed by atoms with Crippen LogP contribution in [0.3, 0.4) is 0 Å². The van der Waals surface area contributed by atoms with Crippen LogP contribution in [0, 0.1) is 0 Å². The van der Waals surface area contributed by atoms with Crippen molar-refractivity contribution >= 4 is 17.4 Å². The molecule has 2 rings (SSSR count). The summed E-state index contributed by atoms with van der Waals surface area (Å²) in [5.41, 5.74) is 2.46. The first-order chi connectivity index (χ1) is 9.95. The number of hydrogen-bond donors (Lipinski definition) is 1. The van der Waals surface area contributed by atoms with Crippen LogP contribution in [0.25, 0.3) is 0 Å². The van der Waals surface area contributed by atoms with Crippen LogP contribution in [0.2, 0.25) is 5.02 Å². The van der Waals surface area contributed by atoms with E-state index in [1.807, 2.05) is 31.3 Å². The number of halogens is 1. The van der Waals surface area contributed by atoms with Crippen molar-refractivity contribution in [3.8, 4) is 5.75 Å². The quantitative estimate of drug-likeness (QED) is 0.852. The minimum absolute atomic E-state index is 0.00579. The summed E-state index contributed by atoms with van der Waals surface area (Å²) in [5.74, 6) is 0.201. The fourth-order valence-electron chi connectivity index (χ4n) is 2.22. The molecule has 0 radical (unpaired) electrons. The largest absolute Gasteiger partial charge is 0.508 e. The molecule has 4 heteroatoms. The highest BCUT2D eigenvalue weighted by Crippen LogP contribution is 2.21. The Balaban J connectivity index is 2.10. The van der Waals surface area contributed by atoms with Gasteiger partial charge in [-0.3, -0.25) is 9.69 Å². The topological polar surface area (TPSA) is 40.5 Å². The third kappa shape index (κ3) is 4.31. The molecule has 0 aliphatic carbocycles. The highest BCUT2D eigenvalue weighted by Gasteiger charge is 2.09. The van der Waals surface area contributed by atoms with Gasteiger partial charge in [0, 0.05) is 29.2 Å². The summed E-state index contributed by atoms with van der Waals surface area (Å²) >= 11 is 5.97. The summed E-state index contributed by atoms with van der Waals surface area (Å²) in [4.78, 5) is 13.5. The molecule has 2 aromatic rings. The molecule has 110 valence electrons. The van der Waals surface area contributed by atoms with Crippen LogP contribution >= 0.6 is 11.6 Å². The van der Waals surface area contributed by atoms with Gasteiger partial charge in [0.15, 0.2) is 5.78 Å². The van der Waals surface area contributed by atoms with Gasteiger partial charge in [0.2, 0.25) is 0 Å². The van der Waals surface area contributed by atoms with E-state index in [9.17, 15) is 9.90 Å². The van der Waals surface area contributed by atoms with Crippen LogP contribution < -0.4 is 0 Å². The predicted octanol–water partition coefficient (Wildman–Crippen LogP) is 3.88. The SMILES string of the molecule is CC(=O)c1ccc(O)c(CN(C)Cc2cccc(Cl)c2)c1. The summed E-state index contributed by atoms with van der Waals surface area (Å²) in [5, 5.41) is 10.6. The summed E-state index contributed by atoms with van der Waals surface area (Å²) in [6.45, 7) is 2.79. The van der Waals surface area contributed by atoms with Crippen molar-refractivity contribution in [1.82, 2.24) is 4.90 Å². The second kappa shape index (κ2) is 6.74. The van der Waals surface area contributed by atoms with Gasteiger partial charge in [0.1, 0.15) is 5.75 Å². The maximum absolute atomic E-state index is 11.4.